The molecular weight excluding hydrogens is 276 g/mol. The summed E-state index contributed by atoms with van der Waals surface area (Å²) >= 11 is 0. The van der Waals surface area contributed by atoms with Crippen LogP contribution in [-0.2, 0) is 11.2 Å². The van der Waals surface area contributed by atoms with Gasteiger partial charge in [0.1, 0.15) is 11.3 Å². The largest absolute Gasteiger partial charge is 0.461 e. The molecule has 1 aromatic carbocycles. The van der Waals surface area contributed by atoms with Crippen molar-refractivity contribution >= 4 is 29.3 Å². The van der Waals surface area contributed by atoms with Gasteiger partial charge in [0.05, 0.1) is 0 Å². The molecule has 0 unspecified atom stereocenters. The molecule has 0 fully saturated rings. The normalized spacial score (nSPS) is 10.2. The van der Waals surface area contributed by atoms with Gasteiger partial charge in [-0.25, -0.2) is 0 Å². The number of halogens is 1. The van der Waals surface area contributed by atoms with Crippen LogP contribution in [0.1, 0.15) is 18.6 Å². The first-order valence-corrected chi connectivity index (χ1v) is 6.68. The molecule has 20 heavy (non-hydrogen) atoms. The van der Waals surface area contributed by atoms with Crippen LogP contribution in [0.3, 0.4) is 0 Å². The Kier molecular flexibility index (Phi) is 7.12. The summed E-state index contributed by atoms with van der Waals surface area (Å²) in [5, 5.41) is 7.04. The summed E-state index contributed by atoms with van der Waals surface area (Å²) in [6, 6.07) is 9.96. The van der Waals surface area contributed by atoms with Crippen LogP contribution in [0, 0.1) is 0 Å². The van der Waals surface area contributed by atoms with E-state index in [9.17, 15) is 4.79 Å². The van der Waals surface area contributed by atoms with Crippen molar-refractivity contribution < 1.29 is 9.21 Å². The first-order valence-electron chi connectivity index (χ1n) is 6.68. The summed E-state index contributed by atoms with van der Waals surface area (Å²) in [5.74, 6) is 1.02. The molecule has 2 rings (SSSR count). The highest BCUT2D eigenvalue weighted by molar-refractivity contribution is 5.85. The lowest BCUT2D eigenvalue weighted by Gasteiger charge is -2.03. The van der Waals surface area contributed by atoms with E-state index in [1.54, 1.807) is 0 Å². The molecule has 0 saturated carbocycles. The molecule has 0 aliphatic rings. The number of para-hydroxylation sites is 1. The van der Waals surface area contributed by atoms with Gasteiger partial charge in [0.25, 0.3) is 0 Å². The monoisotopic (exact) mass is 296 g/mol. The molecule has 1 heterocycles. The number of carbonyl (C=O) groups excluding carboxylic acids is 1. The van der Waals surface area contributed by atoms with Gasteiger partial charge in [-0.3, -0.25) is 4.79 Å². The summed E-state index contributed by atoms with van der Waals surface area (Å²) in [4.78, 5) is 11.5. The first kappa shape index (κ1) is 16.5. The van der Waals surface area contributed by atoms with E-state index in [-0.39, 0.29) is 18.3 Å². The molecule has 0 aliphatic carbocycles. The van der Waals surface area contributed by atoms with Gasteiger partial charge in [-0.15, -0.1) is 12.4 Å². The van der Waals surface area contributed by atoms with Crippen molar-refractivity contribution in [2.45, 2.75) is 19.3 Å². The van der Waals surface area contributed by atoms with Crippen LogP contribution in [-0.4, -0.2) is 26.0 Å². The number of hydrogen-bond donors (Lipinski definition) is 2. The predicted octanol–water partition coefficient (Wildman–Crippen LogP) is 2.51. The Morgan fingerprint density at radius 3 is 2.80 bits per heavy atom. The predicted molar refractivity (Wildman–Crippen MR) is 83.3 cm³/mol. The minimum atomic E-state index is 0. The topological polar surface area (TPSA) is 54.3 Å². The third-order valence-corrected chi connectivity index (χ3v) is 3.00. The lowest BCUT2D eigenvalue weighted by molar-refractivity contribution is -0.121. The third-order valence-electron chi connectivity index (χ3n) is 3.00. The third kappa shape index (κ3) is 4.87. The molecule has 110 valence electrons. The van der Waals surface area contributed by atoms with Gasteiger partial charge in [0, 0.05) is 24.8 Å². The molecule has 1 aromatic heterocycles. The minimum absolute atomic E-state index is 0. The van der Waals surface area contributed by atoms with E-state index < -0.39 is 0 Å². The Morgan fingerprint density at radius 2 is 2.05 bits per heavy atom. The van der Waals surface area contributed by atoms with E-state index in [0.717, 1.165) is 36.1 Å². The van der Waals surface area contributed by atoms with Crippen molar-refractivity contribution in [3.05, 3.63) is 36.1 Å². The lowest BCUT2D eigenvalue weighted by atomic mass is 10.2. The van der Waals surface area contributed by atoms with Crippen LogP contribution in [0.4, 0.5) is 0 Å². The molecule has 0 saturated heterocycles. The average Bonchev–Trinajstić information content (AvgIpc) is 2.81. The van der Waals surface area contributed by atoms with Gasteiger partial charge in [-0.1, -0.05) is 18.2 Å². The summed E-state index contributed by atoms with van der Waals surface area (Å²) in [6.07, 6.45) is 2.17. The van der Waals surface area contributed by atoms with E-state index >= 15 is 0 Å². The highest BCUT2D eigenvalue weighted by Gasteiger charge is 2.04. The molecule has 1 amide bonds. The van der Waals surface area contributed by atoms with Crippen LogP contribution >= 0.6 is 12.4 Å². The molecule has 5 heteroatoms. The van der Waals surface area contributed by atoms with Crippen molar-refractivity contribution in [2.75, 3.05) is 20.1 Å². The van der Waals surface area contributed by atoms with Crippen LogP contribution in [0.25, 0.3) is 11.0 Å². The van der Waals surface area contributed by atoms with E-state index in [1.807, 2.05) is 37.4 Å². The number of amides is 1. The highest BCUT2D eigenvalue weighted by Crippen LogP contribution is 2.18. The number of benzene rings is 1. The maximum Gasteiger partial charge on any atom is 0.220 e. The van der Waals surface area contributed by atoms with Crippen molar-refractivity contribution in [3.63, 3.8) is 0 Å². The van der Waals surface area contributed by atoms with E-state index in [2.05, 4.69) is 10.6 Å². The Hall–Kier alpha value is -1.52. The second-order valence-corrected chi connectivity index (χ2v) is 4.56. The van der Waals surface area contributed by atoms with Crippen molar-refractivity contribution in [1.29, 1.82) is 0 Å². The highest BCUT2D eigenvalue weighted by atomic mass is 35.5. The number of hydrogen-bond acceptors (Lipinski definition) is 3. The SMILES string of the molecule is CNCCCC(=O)NCCc1cc2ccccc2o1.Cl. The Balaban J connectivity index is 0.00000200. The zero-order chi connectivity index (χ0) is 13.5. The molecule has 0 atom stereocenters. The fraction of sp³-hybridized carbons (Fsp3) is 0.400. The molecule has 2 N–H and O–H groups in total. The number of furan rings is 1. The molecular formula is C15H21ClN2O2. The fourth-order valence-corrected chi connectivity index (χ4v) is 2.00. The number of rotatable bonds is 7. The average molecular weight is 297 g/mol. The van der Waals surface area contributed by atoms with Crippen LogP contribution in [0.5, 0.6) is 0 Å². The molecule has 2 aromatic rings. The van der Waals surface area contributed by atoms with Gasteiger partial charge in [0.2, 0.25) is 5.91 Å². The number of carbonyl (C=O) groups is 1. The minimum Gasteiger partial charge on any atom is -0.461 e. The van der Waals surface area contributed by atoms with E-state index in [0.29, 0.717) is 13.0 Å². The second kappa shape index (κ2) is 8.61. The summed E-state index contributed by atoms with van der Waals surface area (Å²) < 4.78 is 5.69. The van der Waals surface area contributed by atoms with Gasteiger partial charge >= 0.3 is 0 Å². The Morgan fingerprint density at radius 1 is 1.25 bits per heavy atom. The van der Waals surface area contributed by atoms with Crippen molar-refractivity contribution in [3.8, 4) is 0 Å². The second-order valence-electron chi connectivity index (χ2n) is 4.56. The Labute approximate surface area is 125 Å². The molecule has 4 nitrogen and oxygen atoms in total. The standard InChI is InChI=1S/C15H20N2O2.ClH/c1-16-9-4-7-15(18)17-10-8-13-11-12-5-2-3-6-14(12)19-13;/h2-3,5-6,11,16H,4,7-10H2,1H3,(H,17,18);1H. The Bertz CT molecular complexity index is 506. The molecule has 0 bridgehead atoms. The molecule has 0 spiro atoms. The lowest BCUT2D eigenvalue weighted by Crippen LogP contribution is -2.26. The summed E-state index contributed by atoms with van der Waals surface area (Å²) in [7, 11) is 1.89. The van der Waals surface area contributed by atoms with Crippen molar-refractivity contribution in [2.24, 2.45) is 0 Å². The molecule has 0 aliphatic heterocycles. The van der Waals surface area contributed by atoms with Crippen LogP contribution in [0.15, 0.2) is 34.7 Å². The number of nitrogens with one attached hydrogen (secondary N) is 2. The van der Waals surface area contributed by atoms with Gasteiger partial charge in [-0.05, 0) is 32.1 Å². The van der Waals surface area contributed by atoms with E-state index in [4.69, 9.17) is 4.42 Å². The smallest absolute Gasteiger partial charge is 0.220 e. The molecule has 0 radical (unpaired) electrons. The summed E-state index contributed by atoms with van der Waals surface area (Å²) in [5.41, 5.74) is 0.901. The zero-order valence-corrected chi connectivity index (χ0v) is 12.5. The van der Waals surface area contributed by atoms with E-state index in [1.165, 1.54) is 0 Å². The maximum absolute atomic E-state index is 11.5. The fourth-order valence-electron chi connectivity index (χ4n) is 2.00. The van der Waals surface area contributed by atoms with Gasteiger partial charge < -0.3 is 15.1 Å². The van der Waals surface area contributed by atoms with Crippen molar-refractivity contribution in [1.82, 2.24) is 10.6 Å². The van der Waals surface area contributed by atoms with Gasteiger partial charge in [0.15, 0.2) is 0 Å². The van der Waals surface area contributed by atoms with Gasteiger partial charge in [-0.2, -0.15) is 0 Å². The van der Waals surface area contributed by atoms with Crippen LogP contribution < -0.4 is 10.6 Å². The quantitative estimate of drug-likeness (QED) is 0.772. The van der Waals surface area contributed by atoms with Crippen LogP contribution in [0.2, 0.25) is 0 Å². The first-order chi connectivity index (χ1) is 9.29. The maximum atomic E-state index is 11.5. The zero-order valence-electron chi connectivity index (χ0n) is 11.6. The number of fused-ring (bicyclic) bond motifs is 1. The summed E-state index contributed by atoms with van der Waals surface area (Å²) in [6.45, 7) is 1.50.